The van der Waals surface area contributed by atoms with Gasteiger partial charge in [0.05, 0.1) is 15.5 Å². The molecule has 8 nitrogen and oxygen atoms in total. The molecule has 3 aromatic carbocycles. The van der Waals surface area contributed by atoms with Gasteiger partial charge in [-0.15, -0.1) is 0 Å². The van der Waals surface area contributed by atoms with Gasteiger partial charge < -0.3 is 14.7 Å². The van der Waals surface area contributed by atoms with Crippen LogP contribution < -0.4 is 4.74 Å². The van der Waals surface area contributed by atoms with Crippen molar-refractivity contribution in [1.82, 2.24) is 4.90 Å². The van der Waals surface area contributed by atoms with E-state index in [9.17, 15) is 30.4 Å². The number of sulfone groups is 2. The number of halogens is 2. The van der Waals surface area contributed by atoms with Crippen LogP contribution in [0.1, 0.15) is 42.7 Å². The van der Waals surface area contributed by atoms with Crippen LogP contribution in [0.25, 0.3) is 0 Å². The van der Waals surface area contributed by atoms with E-state index in [4.69, 9.17) is 9.84 Å². The molecular formula is C31H35F2NO7S2. The molecular weight excluding hydrogens is 600 g/mol. The minimum Gasteiger partial charge on any atom is -0.482 e. The Bertz CT molecular complexity index is 1600. The molecule has 1 saturated heterocycles. The molecule has 1 heterocycles. The number of hydrogen-bond donors (Lipinski definition) is 1. The molecule has 1 atom stereocenters. The first-order chi connectivity index (χ1) is 20.3. The standard InChI is InChI=1S/C31H35F2NO7S2/c1-42(37,38)28-6-2-23(3-7-28)30(24-18-25(32)20-26(33)19-24)12-16-34-14-10-22(11-15-34)13-17-43(39,40)29-8-4-27(5-9-29)41-21-31(35)36/h2-9,18-20,22,30H,10-17,21H2,1H3,(H,35,36). The first-order valence-corrected chi connectivity index (χ1v) is 17.5. The number of likely N-dealkylation sites (tertiary alicyclic amines) is 1. The van der Waals surface area contributed by atoms with Gasteiger partial charge in [-0.05, 0) is 111 Å². The van der Waals surface area contributed by atoms with E-state index in [2.05, 4.69) is 4.90 Å². The Morgan fingerprint density at radius 3 is 2.05 bits per heavy atom. The van der Waals surface area contributed by atoms with E-state index in [1.807, 2.05) is 0 Å². The molecule has 1 aliphatic rings. The Morgan fingerprint density at radius 1 is 0.907 bits per heavy atom. The van der Waals surface area contributed by atoms with Gasteiger partial charge in [0.15, 0.2) is 26.3 Å². The van der Waals surface area contributed by atoms with Crippen LogP contribution in [-0.4, -0.2) is 71.1 Å². The summed E-state index contributed by atoms with van der Waals surface area (Å²) in [5.41, 5.74) is 1.24. The highest BCUT2D eigenvalue weighted by Crippen LogP contribution is 2.32. The molecule has 4 rings (SSSR count). The van der Waals surface area contributed by atoms with Gasteiger partial charge in [0.2, 0.25) is 0 Å². The van der Waals surface area contributed by atoms with E-state index < -0.39 is 43.9 Å². The van der Waals surface area contributed by atoms with E-state index in [0.29, 0.717) is 24.9 Å². The maximum absolute atomic E-state index is 14.1. The maximum atomic E-state index is 14.1. The highest BCUT2D eigenvalue weighted by atomic mass is 32.2. The van der Waals surface area contributed by atoms with Gasteiger partial charge in [0.25, 0.3) is 0 Å². The molecule has 3 aromatic rings. The van der Waals surface area contributed by atoms with E-state index in [-0.39, 0.29) is 33.1 Å². The fraction of sp³-hybridized carbons (Fsp3) is 0.387. The van der Waals surface area contributed by atoms with E-state index >= 15 is 0 Å². The number of benzene rings is 3. The smallest absolute Gasteiger partial charge is 0.341 e. The molecule has 0 aromatic heterocycles. The zero-order valence-electron chi connectivity index (χ0n) is 23.8. The predicted octanol–water partition coefficient (Wildman–Crippen LogP) is 4.93. The van der Waals surface area contributed by atoms with Gasteiger partial charge in [-0.25, -0.2) is 30.4 Å². The predicted molar refractivity (Wildman–Crippen MR) is 158 cm³/mol. The lowest BCUT2D eigenvalue weighted by Gasteiger charge is -2.33. The number of piperidine rings is 1. The summed E-state index contributed by atoms with van der Waals surface area (Å²) in [7, 11) is -6.89. The Labute approximate surface area is 251 Å². The van der Waals surface area contributed by atoms with E-state index in [1.165, 1.54) is 48.5 Å². The number of carbonyl (C=O) groups is 1. The lowest BCUT2D eigenvalue weighted by Crippen LogP contribution is -2.35. The van der Waals surface area contributed by atoms with Crippen molar-refractivity contribution in [3.63, 3.8) is 0 Å². The van der Waals surface area contributed by atoms with Crippen LogP contribution in [0.5, 0.6) is 5.75 Å². The van der Waals surface area contributed by atoms with Crippen molar-refractivity contribution in [3.8, 4) is 5.75 Å². The Morgan fingerprint density at radius 2 is 1.49 bits per heavy atom. The summed E-state index contributed by atoms with van der Waals surface area (Å²) < 4.78 is 82.8. The molecule has 43 heavy (non-hydrogen) atoms. The number of carboxylic acids is 1. The zero-order chi connectivity index (χ0) is 31.2. The van der Waals surface area contributed by atoms with Gasteiger partial charge in [-0.3, -0.25) is 0 Å². The van der Waals surface area contributed by atoms with Crippen LogP contribution in [0.2, 0.25) is 0 Å². The monoisotopic (exact) mass is 635 g/mol. The molecule has 1 unspecified atom stereocenters. The molecule has 0 spiro atoms. The van der Waals surface area contributed by atoms with Gasteiger partial charge in [-0.1, -0.05) is 12.1 Å². The first-order valence-electron chi connectivity index (χ1n) is 14.0. The minimum atomic E-state index is -3.51. The number of nitrogens with zero attached hydrogens (tertiary/aromatic N) is 1. The summed E-state index contributed by atoms with van der Waals surface area (Å²) in [5, 5.41) is 8.70. The summed E-state index contributed by atoms with van der Waals surface area (Å²) in [6, 6.07) is 15.6. The first kappa shape index (κ1) is 32.6. The third-order valence-corrected chi connectivity index (χ3v) is 10.7. The molecule has 232 valence electrons. The van der Waals surface area contributed by atoms with Crippen molar-refractivity contribution in [2.75, 3.05) is 38.2 Å². The molecule has 0 bridgehead atoms. The lowest BCUT2D eigenvalue weighted by molar-refractivity contribution is -0.139. The number of aliphatic carboxylic acids is 1. The summed E-state index contributed by atoms with van der Waals surface area (Å²) in [4.78, 5) is 13.2. The Hall–Kier alpha value is -3.35. The lowest BCUT2D eigenvalue weighted by atomic mass is 9.87. The second kappa shape index (κ2) is 14.0. The second-order valence-corrected chi connectivity index (χ2v) is 15.1. The number of rotatable bonds is 13. The third kappa shape index (κ3) is 9.32. The van der Waals surface area contributed by atoms with E-state index in [1.54, 1.807) is 12.1 Å². The number of hydrogen-bond acceptors (Lipinski definition) is 7. The zero-order valence-corrected chi connectivity index (χ0v) is 25.4. The van der Waals surface area contributed by atoms with Gasteiger partial charge >= 0.3 is 5.97 Å². The van der Waals surface area contributed by atoms with Crippen LogP contribution >= 0.6 is 0 Å². The van der Waals surface area contributed by atoms with Crippen molar-refractivity contribution in [3.05, 3.63) is 89.5 Å². The summed E-state index contributed by atoms with van der Waals surface area (Å²) in [6.07, 6.45) is 3.84. The van der Waals surface area contributed by atoms with E-state index in [0.717, 1.165) is 43.8 Å². The molecule has 0 radical (unpaired) electrons. The van der Waals surface area contributed by atoms with Gasteiger partial charge in [-0.2, -0.15) is 0 Å². The number of ether oxygens (including phenoxy) is 1. The van der Waals surface area contributed by atoms with Gasteiger partial charge in [0, 0.05) is 18.2 Å². The highest BCUT2D eigenvalue weighted by molar-refractivity contribution is 7.91. The number of carboxylic acid groups (broad SMARTS) is 1. The molecule has 1 N–H and O–H groups in total. The summed E-state index contributed by atoms with van der Waals surface area (Å²) >= 11 is 0. The molecule has 0 aliphatic carbocycles. The molecule has 1 aliphatic heterocycles. The normalized spacial score (nSPS) is 15.7. The fourth-order valence-electron chi connectivity index (χ4n) is 5.39. The van der Waals surface area contributed by atoms with Crippen LogP contribution in [-0.2, 0) is 24.5 Å². The highest BCUT2D eigenvalue weighted by Gasteiger charge is 2.24. The van der Waals surface area contributed by atoms with Crippen molar-refractivity contribution >= 4 is 25.6 Å². The van der Waals surface area contributed by atoms with Crippen molar-refractivity contribution in [1.29, 1.82) is 0 Å². The molecule has 0 saturated carbocycles. The van der Waals surface area contributed by atoms with Crippen LogP contribution in [0.15, 0.2) is 76.5 Å². The topological polar surface area (TPSA) is 118 Å². The summed E-state index contributed by atoms with van der Waals surface area (Å²) in [5.74, 6) is -2.29. The Balaban J connectivity index is 1.33. The van der Waals surface area contributed by atoms with Crippen LogP contribution in [0.4, 0.5) is 8.78 Å². The third-order valence-electron chi connectivity index (χ3n) is 7.78. The van der Waals surface area contributed by atoms with Crippen molar-refractivity contribution < 1.29 is 40.3 Å². The minimum absolute atomic E-state index is 0.00365. The molecule has 1 fully saturated rings. The molecule has 12 heteroatoms. The molecule has 0 amide bonds. The average Bonchev–Trinajstić information content (AvgIpc) is 2.95. The van der Waals surface area contributed by atoms with Crippen LogP contribution in [0.3, 0.4) is 0 Å². The largest absolute Gasteiger partial charge is 0.482 e. The van der Waals surface area contributed by atoms with Gasteiger partial charge in [0.1, 0.15) is 17.4 Å². The van der Waals surface area contributed by atoms with Crippen molar-refractivity contribution in [2.24, 2.45) is 5.92 Å². The fourth-order valence-corrected chi connectivity index (χ4v) is 7.45. The average molecular weight is 636 g/mol. The SMILES string of the molecule is CS(=O)(=O)c1ccc(C(CCN2CCC(CCS(=O)(=O)c3ccc(OCC(=O)O)cc3)CC2)c2cc(F)cc(F)c2)cc1. The summed E-state index contributed by atoms with van der Waals surface area (Å²) in [6.45, 7) is 1.67. The van der Waals surface area contributed by atoms with Crippen molar-refractivity contribution in [2.45, 2.75) is 41.4 Å². The second-order valence-electron chi connectivity index (χ2n) is 10.9. The maximum Gasteiger partial charge on any atom is 0.341 e. The van der Waals surface area contributed by atoms with Crippen LogP contribution in [0, 0.1) is 17.6 Å². The Kier molecular flexibility index (Phi) is 10.6. The quantitative estimate of drug-likeness (QED) is 0.281.